The SMILES string of the molecule is CC[C@@](O)(NC(C)C)c1ccccc1I. The van der Waals surface area contributed by atoms with Crippen LogP contribution in [0.4, 0.5) is 0 Å². The second-order valence-electron chi connectivity index (χ2n) is 3.99. The summed E-state index contributed by atoms with van der Waals surface area (Å²) < 4.78 is 1.09. The van der Waals surface area contributed by atoms with Gasteiger partial charge >= 0.3 is 0 Å². The van der Waals surface area contributed by atoms with Crippen molar-refractivity contribution in [1.29, 1.82) is 0 Å². The molecule has 0 radical (unpaired) electrons. The maximum atomic E-state index is 10.5. The summed E-state index contributed by atoms with van der Waals surface area (Å²) in [6.45, 7) is 6.06. The summed E-state index contributed by atoms with van der Waals surface area (Å²) in [4.78, 5) is 0. The molecular formula is C12H18INO. The van der Waals surface area contributed by atoms with E-state index >= 15 is 0 Å². The number of benzene rings is 1. The highest BCUT2D eigenvalue weighted by Crippen LogP contribution is 2.26. The zero-order chi connectivity index (χ0) is 11.5. The van der Waals surface area contributed by atoms with Crippen LogP contribution in [0, 0.1) is 3.57 Å². The third-order valence-electron chi connectivity index (χ3n) is 2.36. The van der Waals surface area contributed by atoms with E-state index in [4.69, 9.17) is 0 Å². The molecule has 84 valence electrons. The Morgan fingerprint density at radius 3 is 2.47 bits per heavy atom. The van der Waals surface area contributed by atoms with Crippen LogP contribution in [0.5, 0.6) is 0 Å². The van der Waals surface area contributed by atoms with Crippen LogP contribution in [0.3, 0.4) is 0 Å². The quantitative estimate of drug-likeness (QED) is 0.661. The molecule has 0 heterocycles. The van der Waals surface area contributed by atoms with E-state index in [1.165, 1.54) is 0 Å². The van der Waals surface area contributed by atoms with Crippen LogP contribution in [0.2, 0.25) is 0 Å². The predicted molar refractivity (Wildman–Crippen MR) is 71.6 cm³/mol. The molecule has 1 rings (SSSR count). The van der Waals surface area contributed by atoms with Gasteiger partial charge < -0.3 is 5.11 Å². The lowest BCUT2D eigenvalue weighted by molar-refractivity contribution is -0.0121. The highest BCUT2D eigenvalue weighted by Gasteiger charge is 2.29. The van der Waals surface area contributed by atoms with Gasteiger partial charge in [0.2, 0.25) is 0 Å². The van der Waals surface area contributed by atoms with Crippen molar-refractivity contribution in [2.45, 2.75) is 39.0 Å². The van der Waals surface area contributed by atoms with Crippen LogP contribution in [-0.4, -0.2) is 11.1 Å². The van der Waals surface area contributed by atoms with E-state index in [0.717, 1.165) is 9.13 Å². The summed E-state index contributed by atoms with van der Waals surface area (Å²) in [5, 5.41) is 13.7. The molecule has 1 aromatic carbocycles. The van der Waals surface area contributed by atoms with Crippen molar-refractivity contribution in [1.82, 2.24) is 5.32 Å². The summed E-state index contributed by atoms with van der Waals surface area (Å²) in [6, 6.07) is 8.18. The van der Waals surface area contributed by atoms with E-state index in [1.807, 2.05) is 45.0 Å². The molecule has 0 bridgehead atoms. The van der Waals surface area contributed by atoms with E-state index in [-0.39, 0.29) is 6.04 Å². The van der Waals surface area contributed by atoms with Gasteiger partial charge in [-0.15, -0.1) is 0 Å². The van der Waals surface area contributed by atoms with E-state index in [2.05, 4.69) is 27.9 Å². The average molecular weight is 319 g/mol. The van der Waals surface area contributed by atoms with E-state index < -0.39 is 5.72 Å². The monoisotopic (exact) mass is 319 g/mol. The van der Waals surface area contributed by atoms with Gasteiger partial charge in [-0.25, -0.2) is 0 Å². The molecule has 3 heteroatoms. The molecule has 0 aliphatic rings. The molecule has 1 atom stereocenters. The number of hydrogen-bond donors (Lipinski definition) is 2. The van der Waals surface area contributed by atoms with Crippen molar-refractivity contribution in [3.05, 3.63) is 33.4 Å². The van der Waals surface area contributed by atoms with Gasteiger partial charge in [-0.3, -0.25) is 5.32 Å². The first-order valence-electron chi connectivity index (χ1n) is 5.24. The van der Waals surface area contributed by atoms with Crippen molar-refractivity contribution >= 4 is 22.6 Å². The second kappa shape index (κ2) is 5.27. The molecule has 0 saturated heterocycles. The minimum Gasteiger partial charge on any atom is -0.372 e. The smallest absolute Gasteiger partial charge is 0.143 e. The van der Waals surface area contributed by atoms with Crippen LogP contribution in [-0.2, 0) is 5.72 Å². The van der Waals surface area contributed by atoms with Crippen LogP contribution >= 0.6 is 22.6 Å². The maximum absolute atomic E-state index is 10.5. The van der Waals surface area contributed by atoms with E-state index in [9.17, 15) is 5.11 Å². The van der Waals surface area contributed by atoms with Gasteiger partial charge in [0, 0.05) is 15.2 Å². The Hall–Kier alpha value is -0.130. The minimum absolute atomic E-state index is 0.256. The zero-order valence-corrected chi connectivity index (χ0v) is 11.6. The molecule has 2 N–H and O–H groups in total. The molecule has 0 spiro atoms. The van der Waals surface area contributed by atoms with Crippen LogP contribution < -0.4 is 5.32 Å². The molecule has 0 unspecified atom stereocenters. The Bertz CT molecular complexity index is 327. The maximum Gasteiger partial charge on any atom is 0.143 e. The summed E-state index contributed by atoms with van der Waals surface area (Å²) in [7, 11) is 0. The third kappa shape index (κ3) is 3.16. The molecule has 0 aliphatic carbocycles. The Kier molecular flexibility index (Phi) is 4.55. The molecule has 2 nitrogen and oxygen atoms in total. The highest BCUT2D eigenvalue weighted by atomic mass is 127. The van der Waals surface area contributed by atoms with E-state index in [0.29, 0.717) is 6.42 Å². The lowest BCUT2D eigenvalue weighted by Gasteiger charge is -2.31. The summed E-state index contributed by atoms with van der Waals surface area (Å²) >= 11 is 2.26. The standard InChI is InChI=1S/C12H18INO/c1-4-12(15,14-9(2)3)10-7-5-6-8-11(10)13/h5-9,14-15H,4H2,1-3H3/t12-/m0/s1. The Balaban J connectivity index is 3.05. The number of rotatable bonds is 4. The van der Waals surface area contributed by atoms with Crippen LogP contribution in [0.25, 0.3) is 0 Å². The largest absolute Gasteiger partial charge is 0.372 e. The molecule has 15 heavy (non-hydrogen) atoms. The topological polar surface area (TPSA) is 32.3 Å². The fourth-order valence-electron chi connectivity index (χ4n) is 1.64. The lowest BCUT2D eigenvalue weighted by Crippen LogP contribution is -2.46. The second-order valence-corrected chi connectivity index (χ2v) is 5.15. The van der Waals surface area contributed by atoms with Crippen molar-refractivity contribution in [3.63, 3.8) is 0 Å². The fraction of sp³-hybridized carbons (Fsp3) is 0.500. The van der Waals surface area contributed by atoms with Gasteiger partial charge in [0.1, 0.15) is 5.72 Å². The van der Waals surface area contributed by atoms with Gasteiger partial charge in [0.25, 0.3) is 0 Å². The van der Waals surface area contributed by atoms with Crippen LogP contribution in [0.15, 0.2) is 24.3 Å². The highest BCUT2D eigenvalue weighted by molar-refractivity contribution is 14.1. The molecule has 0 aliphatic heterocycles. The molecule has 0 aromatic heterocycles. The van der Waals surface area contributed by atoms with Crippen molar-refractivity contribution in [3.8, 4) is 0 Å². The average Bonchev–Trinajstić information content (AvgIpc) is 2.17. The first-order valence-corrected chi connectivity index (χ1v) is 6.32. The van der Waals surface area contributed by atoms with Crippen LogP contribution in [0.1, 0.15) is 32.8 Å². The van der Waals surface area contributed by atoms with Crippen molar-refractivity contribution in [2.24, 2.45) is 0 Å². The zero-order valence-electron chi connectivity index (χ0n) is 9.42. The van der Waals surface area contributed by atoms with Gasteiger partial charge in [-0.2, -0.15) is 0 Å². The third-order valence-corrected chi connectivity index (χ3v) is 3.30. The molecule has 0 amide bonds. The number of nitrogens with one attached hydrogen (secondary N) is 1. The number of hydrogen-bond acceptors (Lipinski definition) is 2. The minimum atomic E-state index is -0.911. The number of aliphatic hydroxyl groups is 1. The lowest BCUT2D eigenvalue weighted by atomic mass is 9.99. The molecule has 0 fully saturated rings. The Morgan fingerprint density at radius 2 is 2.00 bits per heavy atom. The normalized spacial score (nSPS) is 15.3. The Morgan fingerprint density at radius 1 is 1.40 bits per heavy atom. The van der Waals surface area contributed by atoms with Gasteiger partial charge in [0.15, 0.2) is 0 Å². The summed E-state index contributed by atoms with van der Waals surface area (Å²) in [6.07, 6.45) is 0.658. The molecule has 1 aromatic rings. The molecule has 0 saturated carbocycles. The number of halogens is 1. The van der Waals surface area contributed by atoms with Gasteiger partial charge in [0.05, 0.1) is 0 Å². The molecular weight excluding hydrogens is 301 g/mol. The Labute approximate surface area is 105 Å². The fourth-order valence-corrected chi connectivity index (χ4v) is 2.48. The first kappa shape index (κ1) is 12.9. The van der Waals surface area contributed by atoms with Crippen molar-refractivity contribution < 1.29 is 5.11 Å². The van der Waals surface area contributed by atoms with Gasteiger partial charge in [-0.05, 0) is 48.9 Å². The van der Waals surface area contributed by atoms with Crippen molar-refractivity contribution in [2.75, 3.05) is 0 Å². The predicted octanol–water partition coefficient (Wildman–Crippen LogP) is 2.84. The first-order chi connectivity index (χ1) is 6.99. The summed E-state index contributed by atoms with van der Waals surface area (Å²) in [5.74, 6) is 0. The summed E-state index contributed by atoms with van der Waals surface area (Å²) in [5.41, 5.74) is 0.0492. The van der Waals surface area contributed by atoms with E-state index in [1.54, 1.807) is 0 Å². The van der Waals surface area contributed by atoms with Gasteiger partial charge in [-0.1, -0.05) is 25.1 Å².